The summed E-state index contributed by atoms with van der Waals surface area (Å²) in [4.78, 5) is 19.1. The minimum atomic E-state index is -1.38. The van der Waals surface area contributed by atoms with Crippen molar-refractivity contribution in [3.63, 3.8) is 0 Å². The van der Waals surface area contributed by atoms with Crippen LogP contribution in [0, 0.1) is 0 Å². The zero-order chi connectivity index (χ0) is 22.1. The average molecular weight is 432 g/mol. The SMILES string of the molecule is CC(O)(c1ccc2c(CN3CCOCC3)nn(-c3ccnc(N)n3)c2c1)c1ncccn1. The number of ether oxygens (including phenoxy) is 1. The molecule has 1 saturated heterocycles. The topological polar surface area (TPSA) is 128 Å². The maximum atomic E-state index is 11.3. The van der Waals surface area contributed by atoms with Gasteiger partial charge in [-0.25, -0.2) is 19.6 Å². The molecule has 4 heterocycles. The summed E-state index contributed by atoms with van der Waals surface area (Å²) in [5.74, 6) is 1.05. The predicted molar refractivity (Wildman–Crippen MR) is 118 cm³/mol. The molecule has 0 saturated carbocycles. The van der Waals surface area contributed by atoms with E-state index in [1.54, 1.807) is 42.3 Å². The van der Waals surface area contributed by atoms with Gasteiger partial charge in [0.25, 0.3) is 0 Å². The van der Waals surface area contributed by atoms with Gasteiger partial charge in [-0.1, -0.05) is 12.1 Å². The first-order chi connectivity index (χ1) is 15.5. The van der Waals surface area contributed by atoms with Crippen molar-refractivity contribution in [2.75, 3.05) is 32.0 Å². The Hall–Kier alpha value is -3.47. The van der Waals surface area contributed by atoms with Gasteiger partial charge in [-0.3, -0.25) is 4.90 Å². The molecular weight excluding hydrogens is 408 g/mol. The molecule has 4 aromatic rings. The van der Waals surface area contributed by atoms with E-state index in [9.17, 15) is 5.11 Å². The van der Waals surface area contributed by atoms with Crippen LogP contribution in [0.25, 0.3) is 16.7 Å². The van der Waals surface area contributed by atoms with Crippen molar-refractivity contribution < 1.29 is 9.84 Å². The maximum absolute atomic E-state index is 11.3. The number of fused-ring (bicyclic) bond motifs is 1. The number of aliphatic hydroxyl groups is 1. The fourth-order valence-corrected chi connectivity index (χ4v) is 3.91. The Morgan fingerprint density at radius 3 is 2.62 bits per heavy atom. The first kappa shape index (κ1) is 20.4. The Morgan fingerprint density at radius 2 is 1.88 bits per heavy atom. The second-order valence-electron chi connectivity index (χ2n) is 7.90. The third-order valence-corrected chi connectivity index (χ3v) is 5.67. The molecule has 164 valence electrons. The van der Waals surface area contributed by atoms with E-state index in [1.165, 1.54) is 0 Å². The number of hydrogen-bond acceptors (Lipinski definition) is 9. The lowest BCUT2D eigenvalue weighted by Crippen LogP contribution is -2.35. The summed E-state index contributed by atoms with van der Waals surface area (Å²) in [6.45, 7) is 5.50. The number of morpholine rings is 1. The number of nitrogen functional groups attached to an aromatic ring is 1. The van der Waals surface area contributed by atoms with Gasteiger partial charge in [0, 0.05) is 49.7 Å². The standard InChI is InChI=1S/C22H24N8O2/c1-22(31,20-24-6-2-7-25-20)15-3-4-16-17(14-29-9-11-32-12-10-29)28-30(18(16)13-15)19-5-8-26-21(23)27-19/h2-8,13,31H,9-12,14H2,1H3,(H2,23,26,27). The van der Waals surface area contributed by atoms with Gasteiger partial charge in [0.2, 0.25) is 5.95 Å². The summed E-state index contributed by atoms with van der Waals surface area (Å²) >= 11 is 0. The van der Waals surface area contributed by atoms with E-state index in [0.717, 1.165) is 29.7 Å². The molecule has 1 atom stereocenters. The van der Waals surface area contributed by atoms with Gasteiger partial charge < -0.3 is 15.6 Å². The quantitative estimate of drug-likeness (QED) is 0.479. The Morgan fingerprint density at radius 1 is 1.09 bits per heavy atom. The lowest BCUT2D eigenvalue weighted by molar-refractivity contribution is 0.0338. The highest BCUT2D eigenvalue weighted by Gasteiger charge is 2.30. The molecule has 32 heavy (non-hydrogen) atoms. The van der Waals surface area contributed by atoms with Crippen molar-refractivity contribution in [1.29, 1.82) is 0 Å². The van der Waals surface area contributed by atoms with E-state index in [4.69, 9.17) is 15.6 Å². The lowest BCUT2D eigenvalue weighted by Gasteiger charge is -2.25. The molecule has 1 aromatic carbocycles. The minimum Gasteiger partial charge on any atom is -0.379 e. The van der Waals surface area contributed by atoms with E-state index < -0.39 is 5.60 Å². The molecule has 0 bridgehead atoms. The number of anilines is 1. The van der Waals surface area contributed by atoms with Crippen LogP contribution >= 0.6 is 0 Å². The number of nitrogens with zero attached hydrogens (tertiary/aromatic N) is 7. The van der Waals surface area contributed by atoms with Crippen molar-refractivity contribution in [3.05, 3.63) is 66.0 Å². The minimum absolute atomic E-state index is 0.168. The second kappa shape index (κ2) is 8.23. The van der Waals surface area contributed by atoms with Crippen LogP contribution in [0.5, 0.6) is 0 Å². The Balaban J connectivity index is 1.63. The third-order valence-electron chi connectivity index (χ3n) is 5.67. The molecule has 0 radical (unpaired) electrons. The summed E-state index contributed by atoms with van der Waals surface area (Å²) in [5.41, 5.74) is 6.83. The third kappa shape index (κ3) is 3.79. The van der Waals surface area contributed by atoms with Crippen molar-refractivity contribution in [2.45, 2.75) is 19.1 Å². The molecule has 0 spiro atoms. The van der Waals surface area contributed by atoms with Gasteiger partial charge >= 0.3 is 0 Å². The Labute approximate surface area is 184 Å². The fraction of sp³-hybridized carbons (Fsp3) is 0.318. The number of benzene rings is 1. The molecular formula is C22H24N8O2. The van der Waals surface area contributed by atoms with Crippen LogP contribution in [0.4, 0.5) is 5.95 Å². The number of aromatic nitrogens is 6. The van der Waals surface area contributed by atoms with Crippen LogP contribution in [0.2, 0.25) is 0 Å². The fourth-order valence-electron chi connectivity index (χ4n) is 3.91. The molecule has 5 rings (SSSR count). The zero-order valence-corrected chi connectivity index (χ0v) is 17.7. The molecule has 3 aromatic heterocycles. The summed E-state index contributed by atoms with van der Waals surface area (Å²) < 4.78 is 7.21. The van der Waals surface area contributed by atoms with E-state index in [1.807, 2.05) is 18.2 Å². The number of hydrogen-bond donors (Lipinski definition) is 2. The maximum Gasteiger partial charge on any atom is 0.221 e. The first-order valence-electron chi connectivity index (χ1n) is 10.4. The van der Waals surface area contributed by atoms with Gasteiger partial charge in [0.15, 0.2) is 11.6 Å². The van der Waals surface area contributed by atoms with Gasteiger partial charge in [0.1, 0.15) is 5.60 Å². The normalized spacial score (nSPS) is 16.8. The second-order valence-corrected chi connectivity index (χ2v) is 7.90. The molecule has 1 fully saturated rings. The van der Waals surface area contributed by atoms with E-state index in [0.29, 0.717) is 37.0 Å². The summed E-state index contributed by atoms with van der Waals surface area (Å²) in [7, 11) is 0. The molecule has 0 aliphatic carbocycles. The molecule has 1 unspecified atom stereocenters. The largest absolute Gasteiger partial charge is 0.379 e. The van der Waals surface area contributed by atoms with Crippen LogP contribution in [0.3, 0.4) is 0 Å². The highest BCUT2D eigenvalue weighted by Crippen LogP contribution is 2.31. The lowest BCUT2D eigenvalue weighted by atomic mass is 9.94. The summed E-state index contributed by atoms with van der Waals surface area (Å²) in [6, 6.07) is 9.25. The van der Waals surface area contributed by atoms with Crippen LogP contribution in [0.1, 0.15) is 24.0 Å². The van der Waals surface area contributed by atoms with Crippen LogP contribution in [0.15, 0.2) is 48.9 Å². The monoisotopic (exact) mass is 432 g/mol. The van der Waals surface area contributed by atoms with Gasteiger partial charge in [0.05, 0.1) is 24.4 Å². The van der Waals surface area contributed by atoms with Crippen molar-refractivity contribution in [3.8, 4) is 5.82 Å². The first-order valence-corrected chi connectivity index (χ1v) is 10.4. The smallest absolute Gasteiger partial charge is 0.221 e. The molecule has 10 nitrogen and oxygen atoms in total. The molecule has 0 amide bonds. The highest BCUT2D eigenvalue weighted by atomic mass is 16.5. The Bertz CT molecular complexity index is 1240. The molecule has 3 N–H and O–H groups in total. The van der Waals surface area contributed by atoms with Crippen LogP contribution in [-0.4, -0.2) is 66.0 Å². The number of nitrogens with two attached hydrogens (primary N) is 1. The van der Waals surface area contributed by atoms with Crippen molar-refractivity contribution in [2.24, 2.45) is 0 Å². The van der Waals surface area contributed by atoms with Crippen LogP contribution < -0.4 is 5.73 Å². The Kier molecular flexibility index (Phi) is 5.25. The van der Waals surface area contributed by atoms with E-state index in [-0.39, 0.29) is 5.95 Å². The summed E-state index contributed by atoms with van der Waals surface area (Å²) in [5, 5.41) is 17.1. The molecule has 1 aliphatic rings. The van der Waals surface area contributed by atoms with Crippen molar-refractivity contribution in [1.82, 2.24) is 34.6 Å². The van der Waals surface area contributed by atoms with Gasteiger partial charge in [-0.05, 0) is 24.6 Å². The average Bonchev–Trinajstić information content (AvgIpc) is 3.18. The van der Waals surface area contributed by atoms with E-state index >= 15 is 0 Å². The molecule has 1 aliphatic heterocycles. The zero-order valence-electron chi connectivity index (χ0n) is 17.7. The molecule has 10 heteroatoms. The van der Waals surface area contributed by atoms with E-state index in [2.05, 4.69) is 24.8 Å². The van der Waals surface area contributed by atoms with Crippen molar-refractivity contribution >= 4 is 16.9 Å². The van der Waals surface area contributed by atoms with Gasteiger partial charge in [-0.2, -0.15) is 10.1 Å². The number of rotatable bonds is 5. The highest BCUT2D eigenvalue weighted by molar-refractivity contribution is 5.84. The summed E-state index contributed by atoms with van der Waals surface area (Å²) in [6.07, 6.45) is 4.83. The van der Waals surface area contributed by atoms with Gasteiger partial charge in [-0.15, -0.1) is 0 Å². The van der Waals surface area contributed by atoms with Crippen LogP contribution in [-0.2, 0) is 16.9 Å². The predicted octanol–water partition coefficient (Wildman–Crippen LogP) is 1.28.